The van der Waals surface area contributed by atoms with Crippen molar-refractivity contribution in [3.63, 3.8) is 0 Å². The van der Waals surface area contributed by atoms with Crippen LogP contribution in [0.25, 0.3) is 22.4 Å². The lowest BCUT2D eigenvalue weighted by Gasteiger charge is -2.22. The molecular weight excluding hydrogens is 336 g/mol. The summed E-state index contributed by atoms with van der Waals surface area (Å²) in [6.07, 6.45) is 5.25. The van der Waals surface area contributed by atoms with Crippen LogP contribution in [0.3, 0.4) is 0 Å². The van der Waals surface area contributed by atoms with E-state index in [1.54, 1.807) is 12.4 Å². The Morgan fingerprint density at radius 2 is 1.64 bits per heavy atom. The van der Waals surface area contributed by atoms with E-state index in [1.807, 2.05) is 6.20 Å². The van der Waals surface area contributed by atoms with Gasteiger partial charge in [-0.2, -0.15) is 0 Å². The Bertz CT molecular complexity index is 870. The molecule has 0 unspecified atom stereocenters. The minimum atomic E-state index is -0.00728. The summed E-state index contributed by atoms with van der Waals surface area (Å²) in [5.74, 6) is 0. The Balaban J connectivity index is 1.93. The van der Waals surface area contributed by atoms with Gasteiger partial charge in [-0.15, -0.1) is 0 Å². The molecular formula is C19H15BrN2. The first kappa shape index (κ1) is 13.6. The molecule has 3 aromatic rings. The third kappa shape index (κ3) is 1.92. The smallest absolute Gasteiger partial charge is 0.0885 e. The summed E-state index contributed by atoms with van der Waals surface area (Å²) in [5, 5.41) is 0. The normalized spacial score (nSPS) is 14.5. The second-order valence-electron chi connectivity index (χ2n) is 6.17. The van der Waals surface area contributed by atoms with Gasteiger partial charge in [0.1, 0.15) is 0 Å². The molecule has 108 valence electrons. The molecule has 0 fully saturated rings. The lowest BCUT2D eigenvalue weighted by Crippen LogP contribution is -2.15. The number of hydrogen-bond acceptors (Lipinski definition) is 2. The molecule has 0 amide bonds. The zero-order valence-corrected chi connectivity index (χ0v) is 14.1. The largest absolute Gasteiger partial charge is 0.261 e. The van der Waals surface area contributed by atoms with E-state index in [4.69, 9.17) is 0 Å². The maximum atomic E-state index is 4.42. The van der Waals surface area contributed by atoms with Crippen molar-refractivity contribution in [3.05, 3.63) is 70.6 Å². The van der Waals surface area contributed by atoms with Crippen molar-refractivity contribution in [2.45, 2.75) is 19.3 Å². The van der Waals surface area contributed by atoms with Gasteiger partial charge < -0.3 is 0 Å². The minimum Gasteiger partial charge on any atom is -0.261 e. The summed E-state index contributed by atoms with van der Waals surface area (Å²) >= 11 is 3.59. The maximum Gasteiger partial charge on any atom is 0.0885 e. The van der Waals surface area contributed by atoms with Gasteiger partial charge in [-0.3, -0.25) is 9.97 Å². The molecule has 0 bridgehead atoms. The highest BCUT2D eigenvalue weighted by molar-refractivity contribution is 9.10. The number of benzene rings is 2. The zero-order chi connectivity index (χ0) is 15.3. The van der Waals surface area contributed by atoms with Crippen molar-refractivity contribution in [1.29, 1.82) is 0 Å². The van der Waals surface area contributed by atoms with Gasteiger partial charge in [0.25, 0.3) is 0 Å². The van der Waals surface area contributed by atoms with Crippen LogP contribution in [0.2, 0.25) is 0 Å². The second kappa shape index (κ2) is 4.75. The van der Waals surface area contributed by atoms with Crippen molar-refractivity contribution in [1.82, 2.24) is 9.97 Å². The molecule has 0 aliphatic heterocycles. The Labute approximate surface area is 138 Å². The molecule has 1 heterocycles. The highest BCUT2D eigenvalue weighted by atomic mass is 79.9. The van der Waals surface area contributed by atoms with Crippen molar-refractivity contribution < 1.29 is 0 Å². The van der Waals surface area contributed by atoms with E-state index in [0.717, 1.165) is 15.7 Å². The van der Waals surface area contributed by atoms with Gasteiger partial charge in [0.2, 0.25) is 0 Å². The van der Waals surface area contributed by atoms with Crippen LogP contribution in [-0.4, -0.2) is 9.97 Å². The van der Waals surface area contributed by atoms with E-state index >= 15 is 0 Å². The molecule has 2 aromatic carbocycles. The summed E-state index contributed by atoms with van der Waals surface area (Å²) < 4.78 is 1.13. The number of halogens is 1. The molecule has 0 saturated carbocycles. The first-order chi connectivity index (χ1) is 10.6. The average molecular weight is 351 g/mol. The van der Waals surface area contributed by atoms with Crippen LogP contribution in [-0.2, 0) is 5.41 Å². The quantitative estimate of drug-likeness (QED) is 0.601. The predicted molar refractivity (Wildman–Crippen MR) is 92.7 cm³/mol. The van der Waals surface area contributed by atoms with Gasteiger partial charge in [-0.1, -0.05) is 48.0 Å². The van der Waals surface area contributed by atoms with E-state index in [2.05, 4.69) is 76.1 Å². The topological polar surface area (TPSA) is 25.8 Å². The lowest BCUT2D eigenvalue weighted by molar-refractivity contribution is 0.660. The van der Waals surface area contributed by atoms with Crippen LogP contribution in [0.4, 0.5) is 0 Å². The fraction of sp³-hybridized carbons (Fsp3) is 0.158. The Kier molecular flexibility index (Phi) is 2.95. The number of nitrogens with zero attached hydrogens (tertiary/aromatic N) is 2. The second-order valence-corrected chi connectivity index (χ2v) is 7.08. The molecule has 2 nitrogen and oxygen atoms in total. The van der Waals surface area contributed by atoms with E-state index in [9.17, 15) is 0 Å². The van der Waals surface area contributed by atoms with Gasteiger partial charge in [0.05, 0.1) is 11.9 Å². The third-order valence-corrected chi connectivity index (χ3v) is 4.99. The molecule has 0 atom stereocenters. The number of fused-ring (bicyclic) bond motifs is 3. The molecule has 1 aromatic heterocycles. The van der Waals surface area contributed by atoms with Gasteiger partial charge in [-0.05, 0) is 40.5 Å². The summed E-state index contributed by atoms with van der Waals surface area (Å²) in [5.41, 5.74) is 7.39. The average Bonchev–Trinajstić information content (AvgIpc) is 2.76. The summed E-state index contributed by atoms with van der Waals surface area (Å²) in [4.78, 5) is 8.59. The first-order valence-electron chi connectivity index (χ1n) is 7.29. The van der Waals surface area contributed by atoms with Crippen LogP contribution in [0.15, 0.2) is 59.5 Å². The minimum absolute atomic E-state index is 0.00728. The summed E-state index contributed by atoms with van der Waals surface area (Å²) in [6.45, 7) is 4.56. The molecule has 0 spiro atoms. The number of hydrogen-bond donors (Lipinski definition) is 0. The third-order valence-electron chi connectivity index (χ3n) is 4.50. The van der Waals surface area contributed by atoms with E-state index in [1.165, 1.54) is 22.3 Å². The Hall–Kier alpha value is -2.00. The number of aromatic nitrogens is 2. The van der Waals surface area contributed by atoms with Gasteiger partial charge in [0, 0.05) is 27.8 Å². The number of rotatable bonds is 1. The fourth-order valence-corrected chi connectivity index (χ4v) is 3.68. The molecule has 22 heavy (non-hydrogen) atoms. The standard InChI is InChI=1S/C19H15BrN2/c1-19(2)16-9-12(18-11-21-7-8-22-18)3-5-14(16)15-6-4-13(20)10-17(15)19/h3-11H,1-2H3. The lowest BCUT2D eigenvalue weighted by atomic mass is 9.82. The molecule has 1 aliphatic rings. The Morgan fingerprint density at radius 1 is 0.909 bits per heavy atom. The van der Waals surface area contributed by atoms with E-state index in [-0.39, 0.29) is 5.41 Å². The summed E-state index contributed by atoms with van der Waals surface area (Å²) in [6, 6.07) is 13.1. The van der Waals surface area contributed by atoms with Crippen LogP contribution < -0.4 is 0 Å². The van der Waals surface area contributed by atoms with Gasteiger partial charge >= 0.3 is 0 Å². The van der Waals surface area contributed by atoms with Gasteiger partial charge in [0.15, 0.2) is 0 Å². The summed E-state index contributed by atoms with van der Waals surface area (Å²) in [7, 11) is 0. The van der Waals surface area contributed by atoms with Gasteiger partial charge in [-0.25, -0.2) is 0 Å². The van der Waals surface area contributed by atoms with Crippen molar-refractivity contribution in [2.75, 3.05) is 0 Å². The monoisotopic (exact) mass is 350 g/mol. The zero-order valence-electron chi connectivity index (χ0n) is 12.5. The maximum absolute atomic E-state index is 4.42. The van der Waals surface area contributed by atoms with Crippen molar-refractivity contribution >= 4 is 15.9 Å². The van der Waals surface area contributed by atoms with Crippen molar-refractivity contribution in [2.24, 2.45) is 0 Å². The Morgan fingerprint density at radius 3 is 2.36 bits per heavy atom. The first-order valence-corrected chi connectivity index (χ1v) is 8.08. The molecule has 3 heteroatoms. The highest BCUT2D eigenvalue weighted by Gasteiger charge is 2.35. The van der Waals surface area contributed by atoms with Crippen LogP contribution >= 0.6 is 15.9 Å². The molecule has 0 N–H and O–H groups in total. The molecule has 1 aliphatic carbocycles. The van der Waals surface area contributed by atoms with Crippen LogP contribution in [0.1, 0.15) is 25.0 Å². The van der Waals surface area contributed by atoms with E-state index in [0.29, 0.717) is 0 Å². The predicted octanol–water partition coefficient (Wildman–Crippen LogP) is 5.21. The SMILES string of the molecule is CC1(C)c2cc(Br)ccc2-c2ccc(-c3cnccn3)cc21. The molecule has 4 rings (SSSR count). The molecule has 0 saturated heterocycles. The molecule has 0 radical (unpaired) electrons. The van der Waals surface area contributed by atoms with E-state index < -0.39 is 0 Å². The fourth-order valence-electron chi connectivity index (χ4n) is 3.32. The van der Waals surface area contributed by atoms with Crippen LogP contribution in [0.5, 0.6) is 0 Å². The van der Waals surface area contributed by atoms with Crippen LogP contribution in [0, 0.1) is 0 Å². The van der Waals surface area contributed by atoms with Crippen molar-refractivity contribution in [3.8, 4) is 22.4 Å². The highest BCUT2D eigenvalue weighted by Crippen LogP contribution is 2.50.